The fourth-order valence-electron chi connectivity index (χ4n) is 3.29. The molecule has 1 aromatic rings. The smallest absolute Gasteiger partial charge is 0.306 e. The van der Waals surface area contributed by atoms with E-state index >= 15 is 0 Å². The normalized spacial score (nSPS) is 20.8. The van der Waals surface area contributed by atoms with E-state index in [1.807, 2.05) is 18.2 Å². The van der Waals surface area contributed by atoms with Gasteiger partial charge in [0.15, 0.2) is 0 Å². The van der Waals surface area contributed by atoms with Crippen molar-refractivity contribution in [2.75, 3.05) is 13.2 Å². The van der Waals surface area contributed by atoms with Gasteiger partial charge in [0.25, 0.3) is 0 Å². The molecule has 0 atom stereocenters. The summed E-state index contributed by atoms with van der Waals surface area (Å²) in [5, 5.41) is 11.9. The highest BCUT2D eigenvalue weighted by Gasteiger charge is 2.29. The van der Waals surface area contributed by atoms with E-state index in [0.717, 1.165) is 11.3 Å². The van der Waals surface area contributed by atoms with E-state index in [9.17, 15) is 9.59 Å². The molecular weight excluding hydrogens is 318 g/mol. The zero-order valence-corrected chi connectivity index (χ0v) is 15.4. The van der Waals surface area contributed by atoms with Crippen LogP contribution in [0.4, 0.5) is 0 Å². The molecule has 5 nitrogen and oxygen atoms in total. The molecule has 1 saturated carbocycles. The zero-order chi connectivity index (χ0) is 18.4. The van der Waals surface area contributed by atoms with E-state index in [0.29, 0.717) is 38.8 Å². The van der Waals surface area contributed by atoms with E-state index in [1.54, 1.807) is 0 Å². The van der Waals surface area contributed by atoms with Gasteiger partial charge >= 0.3 is 5.97 Å². The van der Waals surface area contributed by atoms with Gasteiger partial charge in [-0.15, -0.1) is 0 Å². The van der Waals surface area contributed by atoms with Gasteiger partial charge in [0.1, 0.15) is 12.4 Å². The first kappa shape index (κ1) is 19.3. The van der Waals surface area contributed by atoms with Crippen LogP contribution in [-0.4, -0.2) is 30.1 Å². The SMILES string of the molecule is CC(C)(C)c1ccccc1OCCNC(=O)C1CCC(C(=O)O)CC1. The molecule has 0 aromatic heterocycles. The molecule has 1 aliphatic rings. The number of carboxylic acids is 1. The maximum absolute atomic E-state index is 12.2. The number of para-hydroxylation sites is 1. The van der Waals surface area contributed by atoms with E-state index in [-0.39, 0.29) is 23.2 Å². The second-order valence-electron chi connectivity index (χ2n) is 7.77. The van der Waals surface area contributed by atoms with Gasteiger partial charge in [0.2, 0.25) is 5.91 Å². The molecule has 0 aliphatic heterocycles. The van der Waals surface area contributed by atoms with E-state index in [2.05, 4.69) is 32.2 Å². The maximum Gasteiger partial charge on any atom is 0.306 e. The van der Waals surface area contributed by atoms with Crippen molar-refractivity contribution in [3.05, 3.63) is 29.8 Å². The molecule has 2 N–H and O–H groups in total. The molecule has 0 bridgehead atoms. The molecule has 0 spiro atoms. The van der Waals surface area contributed by atoms with Crippen molar-refractivity contribution in [2.45, 2.75) is 51.9 Å². The van der Waals surface area contributed by atoms with Crippen molar-refractivity contribution in [3.63, 3.8) is 0 Å². The highest BCUT2D eigenvalue weighted by molar-refractivity contribution is 5.79. The minimum absolute atomic E-state index is 0.00260. The number of amides is 1. The standard InChI is InChI=1S/C20H29NO4/c1-20(2,3)16-6-4-5-7-17(16)25-13-12-21-18(22)14-8-10-15(11-9-14)19(23)24/h4-7,14-15H,8-13H2,1-3H3,(H,21,22)(H,23,24). The van der Waals surface area contributed by atoms with E-state index < -0.39 is 5.97 Å². The summed E-state index contributed by atoms with van der Waals surface area (Å²) >= 11 is 0. The molecule has 1 aliphatic carbocycles. The van der Waals surface area contributed by atoms with Gasteiger partial charge in [0, 0.05) is 5.92 Å². The number of rotatable bonds is 6. The lowest BCUT2D eigenvalue weighted by molar-refractivity contribution is -0.144. The first-order valence-electron chi connectivity index (χ1n) is 9.02. The summed E-state index contributed by atoms with van der Waals surface area (Å²) in [5.74, 6) is -0.244. The van der Waals surface area contributed by atoms with Crippen molar-refractivity contribution in [3.8, 4) is 5.75 Å². The quantitative estimate of drug-likeness (QED) is 0.774. The molecule has 2 rings (SSSR count). The minimum Gasteiger partial charge on any atom is -0.491 e. The summed E-state index contributed by atoms with van der Waals surface area (Å²) in [4.78, 5) is 23.2. The Morgan fingerprint density at radius 1 is 1.12 bits per heavy atom. The van der Waals surface area contributed by atoms with Crippen LogP contribution in [0.1, 0.15) is 52.0 Å². The molecule has 0 unspecified atom stereocenters. The number of carbonyl (C=O) groups excluding carboxylic acids is 1. The molecule has 0 heterocycles. The lowest BCUT2D eigenvalue weighted by Crippen LogP contribution is -2.36. The molecule has 25 heavy (non-hydrogen) atoms. The van der Waals surface area contributed by atoms with Crippen molar-refractivity contribution in [2.24, 2.45) is 11.8 Å². The Morgan fingerprint density at radius 2 is 1.72 bits per heavy atom. The van der Waals surface area contributed by atoms with Crippen molar-refractivity contribution in [1.82, 2.24) is 5.32 Å². The molecule has 138 valence electrons. The number of benzene rings is 1. The number of aliphatic carboxylic acids is 1. The van der Waals surface area contributed by atoms with Gasteiger partial charge in [0.05, 0.1) is 12.5 Å². The van der Waals surface area contributed by atoms with Crippen molar-refractivity contribution < 1.29 is 19.4 Å². The predicted molar refractivity (Wildman–Crippen MR) is 96.7 cm³/mol. The van der Waals surface area contributed by atoms with Crippen LogP contribution < -0.4 is 10.1 Å². The highest BCUT2D eigenvalue weighted by atomic mass is 16.5. The number of carboxylic acid groups (broad SMARTS) is 1. The highest BCUT2D eigenvalue weighted by Crippen LogP contribution is 2.31. The van der Waals surface area contributed by atoms with Crippen molar-refractivity contribution >= 4 is 11.9 Å². The number of nitrogens with one attached hydrogen (secondary N) is 1. The van der Waals surface area contributed by atoms with E-state index in [1.165, 1.54) is 0 Å². The van der Waals surface area contributed by atoms with Crippen LogP contribution in [0.25, 0.3) is 0 Å². The molecule has 1 aromatic carbocycles. The number of hydrogen-bond donors (Lipinski definition) is 2. The largest absolute Gasteiger partial charge is 0.491 e. The maximum atomic E-state index is 12.2. The van der Waals surface area contributed by atoms with Crippen LogP contribution in [0.15, 0.2) is 24.3 Å². The van der Waals surface area contributed by atoms with Gasteiger partial charge < -0.3 is 15.2 Å². The third kappa shape index (κ3) is 5.48. The summed E-state index contributed by atoms with van der Waals surface area (Å²) in [6, 6.07) is 7.97. The topological polar surface area (TPSA) is 75.6 Å². The molecule has 0 saturated heterocycles. The first-order chi connectivity index (χ1) is 11.8. The minimum atomic E-state index is -0.746. The van der Waals surface area contributed by atoms with Crippen LogP contribution in [0, 0.1) is 11.8 Å². The van der Waals surface area contributed by atoms with Gasteiger partial charge in [-0.2, -0.15) is 0 Å². The first-order valence-corrected chi connectivity index (χ1v) is 9.02. The fraction of sp³-hybridized carbons (Fsp3) is 0.600. The second kappa shape index (κ2) is 8.37. The molecule has 0 radical (unpaired) electrons. The number of ether oxygens (including phenoxy) is 1. The van der Waals surface area contributed by atoms with Crippen LogP contribution in [0.5, 0.6) is 5.75 Å². The lowest BCUT2D eigenvalue weighted by Gasteiger charge is -2.25. The van der Waals surface area contributed by atoms with Gasteiger partial charge in [-0.25, -0.2) is 0 Å². The average molecular weight is 347 g/mol. The summed E-state index contributed by atoms with van der Waals surface area (Å²) in [7, 11) is 0. The molecule has 5 heteroatoms. The third-order valence-electron chi connectivity index (χ3n) is 4.80. The summed E-state index contributed by atoms with van der Waals surface area (Å²) in [6.45, 7) is 7.30. The fourth-order valence-corrected chi connectivity index (χ4v) is 3.29. The Kier molecular flexibility index (Phi) is 6.45. The summed E-state index contributed by atoms with van der Waals surface area (Å²) in [5.41, 5.74) is 1.15. The van der Waals surface area contributed by atoms with E-state index in [4.69, 9.17) is 9.84 Å². The zero-order valence-electron chi connectivity index (χ0n) is 15.4. The summed E-state index contributed by atoms with van der Waals surface area (Å²) in [6.07, 6.45) is 2.47. The van der Waals surface area contributed by atoms with Crippen molar-refractivity contribution in [1.29, 1.82) is 0 Å². The van der Waals surface area contributed by atoms with Crippen LogP contribution >= 0.6 is 0 Å². The summed E-state index contributed by atoms with van der Waals surface area (Å²) < 4.78 is 5.86. The molecule has 1 amide bonds. The average Bonchev–Trinajstić information content (AvgIpc) is 2.58. The predicted octanol–water partition coefficient (Wildman–Crippen LogP) is 3.37. The number of hydrogen-bond acceptors (Lipinski definition) is 3. The Labute approximate surface area is 149 Å². The third-order valence-corrected chi connectivity index (χ3v) is 4.80. The van der Waals surface area contributed by atoms with Crippen LogP contribution in [-0.2, 0) is 15.0 Å². The second-order valence-corrected chi connectivity index (χ2v) is 7.77. The van der Waals surface area contributed by atoms with Gasteiger partial charge in [-0.3, -0.25) is 9.59 Å². The Bertz CT molecular complexity index is 598. The Morgan fingerprint density at radius 3 is 2.32 bits per heavy atom. The van der Waals surface area contributed by atoms with Crippen LogP contribution in [0.3, 0.4) is 0 Å². The lowest BCUT2D eigenvalue weighted by atomic mass is 9.81. The van der Waals surface area contributed by atoms with Gasteiger partial charge in [-0.1, -0.05) is 39.0 Å². The van der Waals surface area contributed by atoms with Crippen LogP contribution in [0.2, 0.25) is 0 Å². The monoisotopic (exact) mass is 347 g/mol. The Balaban J connectivity index is 1.75. The molecular formula is C20H29NO4. The Hall–Kier alpha value is -2.04. The molecule has 1 fully saturated rings. The number of carbonyl (C=O) groups is 2. The van der Waals surface area contributed by atoms with Gasteiger partial charge in [-0.05, 0) is 42.7 Å².